The van der Waals surface area contributed by atoms with Crippen molar-refractivity contribution < 1.29 is 4.79 Å². The first-order chi connectivity index (χ1) is 5.77. The Hall–Kier alpha value is -1.62. The smallest absolute Gasteiger partial charge is 0.124 e. The first-order valence-corrected chi connectivity index (χ1v) is 3.71. The van der Waals surface area contributed by atoms with E-state index in [1.807, 2.05) is 13.0 Å². The lowest BCUT2D eigenvalue weighted by Crippen LogP contribution is -1.89. The zero-order chi connectivity index (χ0) is 8.97. The number of nitriles is 1. The maximum atomic E-state index is 10.2. The summed E-state index contributed by atoms with van der Waals surface area (Å²) in [7, 11) is 0. The largest absolute Gasteiger partial charge is 0.303 e. The number of hydrogen-bond donors (Lipinski definition) is 0. The number of hydrogen-bond acceptors (Lipinski definition) is 2. The third-order valence-electron chi connectivity index (χ3n) is 1.73. The van der Waals surface area contributed by atoms with Crippen molar-refractivity contribution in [3.63, 3.8) is 0 Å². The predicted octanol–water partition coefficient (Wildman–Crippen LogP) is 1.61. The van der Waals surface area contributed by atoms with Crippen LogP contribution in [0, 0.1) is 18.3 Å². The molecule has 0 aliphatic carbocycles. The molecule has 0 unspecified atom stereocenters. The van der Waals surface area contributed by atoms with Crippen molar-refractivity contribution in [2.75, 3.05) is 0 Å². The van der Waals surface area contributed by atoms with Crippen LogP contribution in [-0.2, 0) is 11.2 Å². The summed E-state index contributed by atoms with van der Waals surface area (Å²) in [5, 5.41) is 8.62. The highest BCUT2D eigenvalue weighted by Crippen LogP contribution is 2.09. The van der Waals surface area contributed by atoms with Crippen LogP contribution in [0.1, 0.15) is 16.7 Å². The highest BCUT2D eigenvalue weighted by molar-refractivity contribution is 5.55. The lowest BCUT2D eigenvalue weighted by atomic mass is 10.0. The number of benzene rings is 1. The van der Waals surface area contributed by atoms with E-state index in [1.54, 1.807) is 12.1 Å². The summed E-state index contributed by atoms with van der Waals surface area (Å²) >= 11 is 0. The summed E-state index contributed by atoms with van der Waals surface area (Å²) in [6.07, 6.45) is 1.29. The van der Waals surface area contributed by atoms with E-state index in [9.17, 15) is 4.79 Å². The van der Waals surface area contributed by atoms with Gasteiger partial charge in [0.2, 0.25) is 0 Å². The van der Waals surface area contributed by atoms with Crippen LogP contribution in [0.4, 0.5) is 0 Å². The molecule has 0 fully saturated rings. The number of aldehydes is 1. The molecule has 0 aromatic heterocycles. The van der Waals surface area contributed by atoms with Gasteiger partial charge >= 0.3 is 0 Å². The second kappa shape index (κ2) is 3.68. The van der Waals surface area contributed by atoms with Crippen LogP contribution in [0.15, 0.2) is 18.2 Å². The molecule has 1 aromatic rings. The second-order valence-corrected chi connectivity index (χ2v) is 2.63. The Morgan fingerprint density at radius 2 is 2.33 bits per heavy atom. The molecule has 0 N–H and O–H groups in total. The van der Waals surface area contributed by atoms with E-state index in [4.69, 9.17) is 5.26 Å². The Morgan fingerprint density at radius 1 is 1.58 bits per heavy atom. The third-order valence-corrected chi connectivity index (χ3v) is 1.73. The molecule has 0 aliphatic heterocycles. The second-order valence-electron chi connectivity index (χ2n) is 2.63. The number of aryl methyl sites for hydroxylation is 1. The Labute approximate surface area is 71.4 Å². The number of carbonyl (C=O) groups is 1. The normalized spacial score (nSPS) is 9.00. The van der Waals surface area contributed by atoms with Gasteiger partial charge < -0.3 is 4.79 Å². The molecule has 0 heterocycles. The van der Waals surface area contributed by atoms with Gasteiger partial charge in [0.25, 0.3) is 0 Å². The van der Waals surface area contributed by atoms with E-state index in [1.165, 1.54) is 0 Å². The van der Waals surface area contributed by atoms with Gasteiger partial charge in [0, 0.05) is 6.42 Å². The Morgan fingerprint density at radius 3 is 2.83 bits per heavy atom. The molecular weight excluding hydrogens is 150 g/mol. The molecule has 1 aromatic carbocycles. The first kappa shape index (κ1) is 8.48. The van der Waals surface area contributed by atoms with Gasteiger partial charge in [-0.25, -0.2) is 0 Å². The fraction of sp³-hybridized carbons (Fsp3) is 0.200. The van der Waals surface area contributed by atoms with Gasteiger partial charge in [-0.05, 0) is 24.1 Å². The van der Waals surface area contributed by atoms with Gasteiger partial charge in [0.05, 0.1) is 11.6 Å². The SMILES string of the molecule is Cc1cc(CC=O)ccc1C#N. The van der Waals surface area contributed by atoms with Crippen LogP contribution in [0.5, 0.6) is 0 Å². The van der Waals surface area contributed by atoms with Gasteiger partial charge in [-0.3, -0.25) is 0 Å². The molecule has 0 radical (unpaired) electrons. The maximum absolute atomic E-state index is 10.2. The highest BCUT2D eigenvalue weighted by atomic mass is 16.1. The van der Waals surface area contributed by atoms with Crippen LogP contribution in [0.2, 0.25) is 0 Å². The molecule has 0 saturated heterocycles. The van der Waals surface area contributed by atoms with Crippen molar-refractivity contribution in [1.29, 1.82) is 5.26 Å². The molecule has 2 nitrogen and oxygen atoms in total. The topological polar surface area (TPSA) is 40.9 Å². The summed E-state index contributed by atoms with van der Waals surface area (Å²) in [4.78, 5) is 10.2. The molecule has 2 heteroatoms. The van der Waals surface area contributed by atoms with Crippen LogP contribution in [0.3, 0.4) is 0 Å². The minimum Gasteiger partial charge on any atom is -0.303 e. The molecule has 0 amide bonds. The van der Waals surface area contributed by atoms with Crippen molar-refractivity contribution in [3.8, 4) is 6.07 Å². The van der Waals surface area contributed by atoms with Crippen molar-refractivity contribution >= 4 is 6.29 Å². The number of rotatable bonds is 2. The van der Waals surface area contributed by atoms with E-state index in [2.05, 4.69) is 6.07 Å². The standard InChI is InChI=1S/C10H9NO/c1-8-6-9(4-5-12)2-3-10(8)7-11/h2-3,5-6H,4H2,1H3. The predicted molar refractivity (Wildman–Crippen MR) is 45.7 cm³/mol. The zero-order valence-corrected chi connectivity index (χ0v) is 6.87. The summed E-state index contributed by atoms with van der Waals surface area (Å²) < 4.78 is 0. The van der Waals surface area contributed by atoms with E-state index < -0.39 is 0 Å². The van der Waals surface area contributed by atoms with Gasteiger partial charge in [0.15, 0.2) is 0 Å². The van der Waals surface area contributed by atoms with Crippen molar-refractivity contribution in [1.82, 2.24) is 0 Å². The average Bonchev–Trinajstić information content (AvgIpc) is 2.05. The fourth-order valence-electron chi connectivity index (χ4n) is 1.07. The van der Waals surface area contributed by atoms with Crippen molar-refractivity contribution in [2.24, 2.45) is 0 Å². The molecule has 60 valence electrons. The molecular formula is C10H9NO. The highest BCUT2D eigenvalue weighted by Gasteiger charge is 1.97. The number of nitrogens with zero attached hydrogens (tertiary/aromatic N) is 1. The molecule has 0 bridgehead atoms. The average molecular weight is 159 g/mol. The fourth-order valence-corrected chi connectivity index (χ4v) is 1.07. The quantitative estimate of drug-likeness (QED) is 0.615. The van der Waals surface area contributed by atoms with Gasteiger partial charge in [-0.2, -0.15) is 5.26 Å². The molecule has 0 aliphatic rings. The van der Waals surface area contributed by atoms with Gasteiger partial charge in [0.1, 0.15) is 6.29 Å². The maximum Gasteiger partial charge on any atom is 0.124 e. The van der Waals surface area contributed by atoms with E-state index in [0.717, 1.165) is 17.4 Å². The van der Waals surface area contributed by atoms with Crippen molar-refractivity contribution in [3.05, 3.63) is 34.9 Å². The lowest BCUT2D eigenvalue weighted by Gasteiger charge is -1.98. The molecule has 0 spiro atoms. The first-order valence-electron chi connectivity index (χ1n) is 3.71. The molecule has 0 saturated carbocycles. The summed E-state index contributed by atoms with van der Waals surface area (Å²) in [6, 6.07) is 7.49. The minimum absolute atomic E-state index is 0.423. The summed E-state index contributed by atoms with van der Waals surface area (Å²) in [5.74, 6) is 0. The monoisotopic (exact) mass is 159 g/mol. The van der Waals surface area contributed by atoms with E-state index in [0.29, 0.717) is 12.0 Å². The van der Waals surface area contributed by atoms with Gasteiger partial charge in [-0.1, -0.05) is 12.1 Å². The van der Waals surface area contributed by atoms with Crippen LogP contribution in [0.25, 0.3) is 0 Å². The Kier molecular flexibility index (Phi) is 2.60. The van der Waals surface area contributed by atoms with E-state index in [-0.39, 0.29) is 0 Å². The van der Waals surface area contributed by atoms with Gasteiger partial charge in [-0.15, -0.1) is 0 Å². The molecule has 0 atom stereocenters. The summed E-state index contributed by atoms with van der Waals surface area (Å²) in [6.45, 7) is 1.87. The van der Waals surface area contributed by atoms with E-state index >= 15 is 0 Å². The van der Waals surface area contributed by atoms with Crippen molar-refractivity contribution in [2.45, 2.75) is 13.3 Å². The van der Waals surface area contributed by atoms with Crippen LogP contribution >= 0.6 is 0 Å². The molecule has 12 heavy (non-hydrogen) atoms. The Bertz CT molecular complexity index is 336. The van der Waals surface area contributed by atoms with Crippen LogP contribution < -0.4 is 0 Å². The van der Waals surface area contributed by atoms with Crippen LogP contribution in [-0.4, -0.2) is 6.29 Å². The lowest BCUT2D eigenvalue weighted by molar-refractivity contribution is -0.107. The third kappa shape index (κ3) is 1.70. The summed E-state index contributed by atoms with van der Waals surface area (Å²) in [5.41, 5.74) is 2.56. The minimum atomic E-state index is 0.423. The number of carbonyl (C=O) groups excluding carboxylic acids is 1. The molecule has 1 rings (SSSR count). The Balaban J connectivity index is 3.03. The zero-order valence-electron chi connectivity index (χ0n) is 6.87.